The zero-order valence-electron chi connectivity index (χ0n) is 7.23. The summed E-state index contributed by atoms with van der Waals surface area (Å²) in [7, 11) is 0. The van der Waals surface area contributed by atoms with Gasteiger partial charge in [0, 0.05) is 0 Å². The van der Waals surface area contributed by atoms with Crippen molar-refractivity contribution in [2.45, 2.75) is 29.4 Å². The molecule has 1 aliphatic heterocycles. The number of halogens is 4. The first-order valence-electron chi connectivity index (χ1n) is 3.89. The Bertz CT molecular complexity index is 223. The first-order valence-corrected chi connectivity index (χ1v) is 5.73. The van der Waals surface area contributed by atoms with E-state index in [4.69, 9.17) is 0 Å². The summed E-state index contributed by atoms with van der Waals surface area (Å²) in [6, 6.07) is 0. The van der Waals surface area contributed by atoms with Gasteiger partial charge in [0.05, 0.1) is 0 Å². The van der Waals surface area contributed by atoms with Gasteiger partial charge in [0.2, 0.25) is 0 Å². The average molecular weight is 261 g/mol. The molecule has 13 heavy (non-hydrogen) atoms. The third kappa shape index (κ3) is 1.91. The van der Waals surface area contributed by atoms with Gasteiger partial charge in [-0.2, -0.15) is 0 Å². The van der Waals surface area contributed by atoms with Crippen molar-refractivity contribution >= 4 is 15.0 Å². The third-order valence-corrected chi connectivity index (χ3v) is 5.10. The van der Waals surface area contributed by atoms with Gasteiger partial charge in [0.25, 0.3) is 0 Å². The van der Waals surface area contributed by atoms with Crippen molar-refractivity contribution in [1.82, 2.24) is 0 Å². The summed E-state index contributed by atoms with van der Waals surface area (Å²) in [6.07, 6.45) is -1.75. The van der Waals surface area contributed by atoms with Gasteiger partial charge in [-0.25, -0.2) is 0 Å². The number of hydrogen-bond acceptors (Lipinski definition) is 0. The maximum absolute atomic E-state index is 13.6. The molecule has 0 bridgehead atoms. The Balaban J connectivity index is 2.96. The number of alkyl halides is 4. The zero-order valence-corrected chi connectivity index (χ0v) is 8.94. The first kappa shape index (κ1) is 11.1. The normalized spacial score (nSPS) is 40.8. The predicted octanol–water partition coefficient (Wildman–Crippen LogP) is 2.93. The molecule has 5 heteroatoms. The van der Waals surface area contributed by atoms with Crippen LogP contribution in [0, 0.1) is 5.92 Å². The van der Waals surface area contributed by atoms with Crippen LogP contribution in [0.5, 0.6) is 0 Å². The van der Waals surface area contributed by atoms with Crippen LogP contribution in [0.1, 0.15) is 13.8 Å². The fraction of sp³-hybridized carbons (Fsp3) is 0.750. The molecule has 0 aliphatic carbocycles. The SMILES string of the molecule is C[C@@H]1C=C[C@H](C)[Se][C@@]1(F)C(F)(F)F. The summed E-state index contributed by atoms with van der Waals surface area (Å²) >= 11 is -1.06. The second kappa shape index (κ2) is 3.28. The summed E-state index contributed by atoms with van der Waals surface area (Å²) in [4.78, 5) is -0.282. The summed E-state index contributed by atoms with van der Waals surface area (Å²) in [6.45, 7) is 2.89. The van der Waals surface area contributed by atoms with Crippen LogP contribution < -0.4 is 0 Å². The molecule has 0 radical (unpaired) electrons. The van der Waals surface area contributed by atoms with E-state index in [1.54, 1.807) is 13.0 Å². The van der Waals surface area contributed by atoms with Crippen LogP contribution >= 0.6 is 0 Å². The molecule has 1 heterocycles. The monoisotopic (exact) mass is 262 g/mol. The Morgan fingerprint density at radius 2 is 1.77 bits per heavy atom. The van der Waals surface area contributed by atoms with Gasteiger partial charge in [-0.15, -0.1) is 0 Å². The Kier molecular flexibility index (Phi) is 2.79. The van der Waals surface area contributed by atoms with Crippen LogP contribution in [0.25, 0.3) is 0 Å². The van der Waals surface area contributed by atoms with E-state index in [2.05, 4.69) is 0 Å². The van der Waals surface area contributed by atoms with E-state index in [1.807, 2.05) is 0 Å². The van der Waals surface area contributed by atoms with Gasteiger partial charge in [-0.3, -0.25) is 0 Å². The van der Waals surface area contributed by atoms with Crippen molar-refractivity contribution in [3.63, 3.8) is 0 Å². The molecule has 0 unspecified atom stereocenters. The summed E-state index contributed by atoms with van der Waals surface area (Å²) < 4.78 is 47.7. The molecular weight excluding hydrogens is 251 g/mol. The third-order valence-electron chi connectivity index (χ3n) is 2.00. The molecule has 0 N–H and O–H groups in total. The molecule has 0 nitrogen and oxygen atoms in total. The van der Waals surface area contributed by atoms with Gasteiger partial charge in [-0.05, 0) is 0 Å². The van der Waals surface area contributed by atoms with Gasteiger partial charge >= 0.3 is 80.0 Å². The number of rotatable bonds is 0. The molecule has 1 aliphatic rings. The van der Waals surface area contributed by atoms with Crippen molar-refractivity contribution in [3.05, 3.63) is 12.2 Å². The van der Waals surface area contributed by atoms with Crippen LogP contribution in [0.4, 0.5) is 17.6 Å². The molecule has 0 amide bonds. The minimum atomic E-state index is -4.73. The maximum atomic E-state index is 13.6. The Labute approximate surface area is 80.5 Å². The molecule has 0 aromatic rings. The van der Waals surface area contributed by atoms with Crippen molar-refractivity contribution in [2.24, 2.45) is 5.92 Å². The van der Waals surface area contributed by atoms with Gasteiger partial charge < -0.3 is 0 Å². The van der Waals surface area contributed by atoms with E-state index >= 15 is 0 Å². The predicted molar refractivity (Wildman–Crippen MR) is 43.4 cm³/mol. The fourth-order valence-corrected chi connectivity index (χ4v) is 3.57. The summed E-state index contributed by atoms with van der Waals surface area (Å²) in [5.74, 6) is -1.05. The van der Waals surface area contributed by atoms with Crippen LogP contribution in [0.15, 0.2) is 12.2 Å². The minimum absolute atomic E-state index is 0.282. The molecule has 0 fully saturated rings. The van der Waals surface area contributed by atoms with E-state index in [-0.39, 0.29) is 4.82 Å². The van der Waals surface area contributed by atoms with Crippen LogP contribution in [-0.4, -0.2) is 25.7 Å². The van der Waals surface area contributed by atoms with E-state index in [1.165, 1.54) is 13.0 Å². The standard InChI is InChI=1S/C8H10F4Se/c1-5-3-4-6(2)13-7(5,9)8(10,11)12/h3-6H,1-2H3/t5-,6+,7-/m1/s1. The molecule has 1 rings (SSSR count). The van der Waals surface area contributed by atoms with E-state index in [9.17, 15) is 17.6 Å². The Hall–Kier alpha value is -0.0205. The molecule has 3 atom stereocenters. The summed E-state index contributed by atoms with van der Waals surface area (Å²) in [5.41, 5.74) is 0. The van der Waals surface area contributed by atoms with Gasteiger partial charge in [-0.1, -0.05) is 0 Å². The fourth-order valence-electron chi connectivity index (χ4n) is 1.19. The molecule has 0 saturated heterocycles. The molecule has 76 valence electrons. The first-order chi connectivity index (χ1) is 5.77. The zero-order chi connectivity index (χ0) is 10.3. The van der Waals surface area contributed by atoms with Crippen LogP contribution in [0.3, 0.4) is 0 Å². The topological polar surface area (TPSA) is 0 Å². The average Bonchev–Trinajstić information content (AvgIpc) is 1.95. The second-order valence-corrected chi connectivity index (χ2v) is 6.44. The molecule has 0 aromatic heterocycles. The quantitative estimate of drug-likeness (QED) is 0.357. The van der Waals surface area contributed by atoms with Gasteiger partial charge in [0.1, 0.15) is 0 Å². The Morgan fingerprint density at radius 1 is 1.23 bits per heavy atom. The summed E-state index contributed by atoms with van der Waals surface area (Å²) in [5, 5.41) is 0. The molecule has 0 spiro atoms. The van der Waals surface area contributed by atoms with Crippen molar-refractivity contribution in [3.8, 4) is 0 Å². The van der Waals surface area contributed by atoms with E-state index < -0.39 is 31.6 Å². The second-order valence-electron chi connectivity index (χ2n) is 3.14. The molecular formula is C8H10F4Se. The van der Waals surface area contributed by atoms with E-state index in [0.29, 0.717) is 0 Å². The molecule has 0 aromatic carbocycles. The van der Waals surface area contributed by atoms with Crippen molar-refractivity contribution < 1.29 is 17.6 Å². The molecule has 0 saturated carbocycles. The van der Waals surface area contributed by atoms with E-state index in [0.717, 1.165) is 0 Å². The van der Waals surface area contributed by atoms with Gasteiger partial charge in [0.15, 0.2) is 0 Å². The van der Waals surface area contributed by atoms with Crippen LogP contribution in [0.2, 0.25) is 4.82 Å². The van der Waals surface area contributed by atoms with Crippen LogP contribution in [-0.2, 0) is 0 Å². The Morgan fingerprint density at radius 3 is 2.15 bits per heavy atom. The van der Waals surface area contributed by atoms with Crippen molar-refractivity contribution in [1.29, 1.82) is 0 Å². The number of hydrogen-bond donors (Lipinski definition) is 0. The van der Waals surface area contributed by atoms with Crippen molar-refractivity contribution in [2.75, 3.05) is 0 Å². The number of allylic oxidation sites excluding steroid dienone is 2.